The molecule has 1 atom stereocenters. The second kappa shape index (κ2) is 3.45. The SMILES string of the molecule is CC1Cc2ccccc2CC(=O)N1C. The number of nitrogens with zero attached hydrogens (tertiary/aromatic N) is 1. The molecule has 14 heavy (non-hydrogen) atoms. The van der Waals surface area contributed by atoms with E-state index in [9.17, 15) is 4.79 Å². The summed E-state index contributed by atoms with van der Waals surface area (Å²) in [6.45, 7) is 2.10. The molecule has 1 aromatic rings. The number of fused-ring (bicyclic) bond motifs is 1. The van der Waals surface area contributed by atoms with Crippen LogP contribution in [0.2, 0.25) is 0 Å². The largest absolute Gasteiger partial charge is 0.342 e. The van der Waals surface area contributed by atoms with E-state index in [0.29, 0.717) is 12.5 Å². The van der Waals surface area contributed by atoms with Crippen molar-refractivity contribution in [3.63, 3.8) is 0 Å². The van der Waals surface area contributed by atoms with E-state index in [2.05, 4.69) is 19.1 Å². The third kappa shape index (κ3) is 1.52. The maximum absolute atomic E-state index is 11.7. The van der Waals surface area contributed by atoms with E-state index >= 15 is 0 Å². The molecule has 1 heterocycles. The van der Waals surface area contributed by atoms with Crippen LogP contribution < -0.4 is 0 Å². The van der Waals surface area contributed by atoms with E-state index in [0.717, 1.165) is 6.42 Å². The molecule has 0 N–H and O–H groups in total. The highest BCUT2D eigenvalue weighted by Gasteiger charge is 2.22. The highest BCUT2D eigenvalue weighted by Crippen LogP contribution is 2.18. The van der Waals surface area contributed by atoms with Crippen LogP contribution in [0.5, 0.6) is 0 Å². The van der Waals surface area contributed by atoms with Gasteiger partial charge in [0, 0.05) is 13.1 Å². The summed E-state index contributed by atoms with van der Waals surface area (Å²) in [5, 5.41) is 0. The van der Waals surface area contributed by atoms with Crippen molar-refractivity contribution in [3.05, 3.63) is 35.4 Å². The number of rotatable bonds is 0. The molecule has 0 spiro atoms. The van der Waals surface area contributed by atoms with Crippen molar-refractivity contribution in [2.45, 2.75) is 25.8 Å². The van der Waals surface area contributed by atoms with Gasteiger partial charge in [0.1, 0.15) is 0 Å². The fraction of sp³-hybridized carbons (Fsp3) is 0.417. The van der Waals surface area contributed by atoms with Crippen LogP contribution in [0.4, 0.5) is 0 Å². The summed E-state index contributed by atoms with van der Waals surface area (Å²) in [5.74, 6) is 0.224. The van der Waals surface area contributed by atoms with Crippen molar-refractivity contribution in [1.29, 1.82) is 0 Å². The Bertz CT molecular complexity index is 359. The van der Waals surface area contributed by atoms with Crippen LogP contribution in [0.25, 0.3) is 0 Å². The van der Waals surface area contributed by atoms with Gasteiger partial charge in [0.25, 0.3) is 0 Å². The topological polar surface area (TPSA) is 20.3 Å². The second-order valence-electron chi connectivity index (χ2n) is 4.00. The molecule has 0 aromatic heterocycles. The molecule has 1 aromatic carbocycles. The first-order valence-corrected chi connectivity index (χ1v) is 5.01. The highest BCUT2D eigenvalue weighted by atomic mass is 16.2. The van der Waals surface area contributed by atoms with Crippen LogP contribution in [0.3, 0.4) is 0 Å². The van der Waals surface area contributed by atoms with Gasteiger partial charge in [-0.05, 0) is 24.5 Å². The molecule has 0 saturated heterocycles. The van der Waals surface area contributed by atoms with Crippen molar-refractivity contribution < 1.29 is 4.79 Å². The van der Waals surface area contributed by atoms with Gasteiger partial charge in [0.2, 0.25) is 5.91 Å². The zero-order chi connectivity index (χ0) is 10.1. The Balaban J connectivity index is 2.39. The number of hydrogen-bond acceptors (Lipinski definition) is 1. The van der Waals surface area contributed by atoms with Crippen molar-refractivity contribution in [1.82, 2.24) is 4.90 Å². The summed E-state index contributed by atoms with van der Waals surface area (Å²) in [6, 6.07) is 8.53. The molecule has 1 unspecified atom stereocenters. The van der Waals surface area contributed by atoms with Crippen LogP contribution in [-0.2, 0) is 17.6 Å². The zero-order valence-electron chi connectivity index (χ0n) is 8.66. The Labute approximate surface area is 84.5 Å². The standard InChI is InChI=1S/C12H15NO/c1-9-7-10-5-3-4-6-11(10)8-12(14)13(9)2/h3-6,9H,7-8H2,1-2H3. The Hall–Kier alpha value is -1.31. The normalized spacial score (nSPS) is 21.7. The second-order valence-corrected chi connectivity index (χ2v) is 4.00. The number of likely N-dealkylation sites (N-methyl/N-ethyl adjacent to an activating group) is 1. The average Bonchev–Trinajstić information content (AvgIpc) is 2.28. The van der Waals surface area contributed by atoms with Gasteiger partial charge in [0.05, 0.1) is 6.42 Å². The van der Waals surface area contributed by atoms with Gasteiger partial charge in [0.15, 0.2) is 0 Å². The predicted molar refractivity (Wildman–Crippen MR) is 56.1 cm³/mol. The van der Waals surface area contributed by atoms with Crippen molar-refractivity contribution in [3.8, 4) is 0 Å². The Morgan fingerprint density at radius 1 is 1.29 bits per heavy atom. The first-order chi connectivity index (χ1) is 6.68. The lowest BCUT2D eigenvalue weighted by atomic mass is 10.0. The molecular weight excluding hydrogens is 174 g/mol. The third-order valence-electron chi connectivity index (χ3n) is 3.03. The molecule has 0 saturated carbocycles. The van der Waals surface area contributed by atoms with Gasteiger partial charge < -0.3 is 4.90 Å². The van der Waals surface area contributed by atoms with Gasteiger partial charge in [-0.15, -0.1) is 0 Å². The third-order valence-corrected chi connectivity index (χ3v) is 3.03. The zero-order valence-corrected chi connectivity index (χ0v) is 8.66. The molecule has 1 amide bonds. The molecule has 1 aliphatic heterocycles. The summed E-state index contributed by atoms with van der Waals surface area (Å²) < 4.78 is 0. The Morgan fingerprint density at radius 3 is 2.64 bits per heavy atom. The first kappa shape index (κ1) is 9.25. The Morgan fingerprint density at radius 2 is 1.93 bits per heavy atom. The summed E-state index contributed by atoms with van der Waals surface area (Å²) in [7, 11) is 1.89. The number of hydrogen-bond donors (Lipinski definition) is 0. The van der Waals surface area contributed by atoms with E-state index < -0.39 is 0 Å². The van der Waals surface area contributed by atoms with Gasteiger partial charge in [-0.3, -0.25) is 4.79 Å². The van der Waals surface area contributed by atoms with E-state index in [4.69, 9.17) is 0 Å². The minimum atomic E-state index is 0.224. The quantitative estimate of drug-likeness (QED) is 0.607. The minimum absolute atomic E-state index is 0.224. The first-order valence-electron chi connectivity index (χ1n) is 5.01. The molecule has 74 valence electrons. The van der Waals surface area contributed by atoms with Crippen molar-refractivity contribution in [2.24, 2.45) is 0 Å². The predicted octanol–water partition coefficient (Wildman–Crippen LogP) is 1.63. The number of carbonyl (C=O) groups excluding carboxylic acids is 1. The average molecular weight is 189 g/mol. The van der Waals surface area contributed by atoms with Crippen LogP contribution >= 0.6 is 0 Å². The van der Waals surface area contributed by atoms with Crippen LogP contribution in [0.15, 0.2) is 24.3 Å². The molecule has 0 aliphatic carbocycles. The molecule has 2 heteroatoms. The molecule has 0 fully saturated rings. The fourth-order valence-corrected chi connectivity index (χ4v) is 1.92. The molecular formula is C12H15NO. The van der Waals surface area contributed by atoms with Crippen LogP contribution in [0, 0.1) is 0 Å². The molecule has 2 nitrogen and oxygen atoms in total. The van der Waals surface area contributed by atoms with E-state index in [-0.39, 0.29) is 5.91 Å². The fourth-order valence-electron chi connectivity index (χ4n) is 1.92. The van der Waals surface area contributed by atoms with Gasteiger partial charge in [-0.1, -0.05) is 24.3 Å². The van der Waals surface area contributed by atoms with Gasteiger partial charge in [-0.2, -0.15) is 0 Å². The summed E-state index contributed by atoms with van der Waals surface area (Å²) in [6.07, 6.45) is 1.52. The van der Waals surface area contributed by atoms with E-state index in [1.54, 1.807) is 0 Å². The Kier molecular flexibility index (Phi) is 2.28. The molecule has 0 bridgehead atoms. The maximum atomic E-state index is 11.7. The highest BCUT2D eigenvalue weighted by molar-refractivity contribution is 5.79. The summed E-state index contributed by atoms with van der Waals surface area (Å²) >= 11 is 0. The van der Waals surface area contributed by atoms with Crippen molar-refractivity contribution >= 4 is 5.91 Å². The number of carbonyl (C=O) groups is 1. The lowest BCUT2D eigenvalue weighted by Crippen LogP contribution is -2.35. The van der Waals surface area contributed by atoms with Gasteiger partial charge >= 0.3 is 0 Å². The van der Waals surface area contributed by atoms with E-state index in [1.165, 1.54) is 11.1 Å². The molecule has 1 aliphatic rings. The summed E-state index contributed by atoms with van der Waals surface area (Å²) in [4.78, 5) is 13.6. The van der Waals surface area contributed by atoms with Gasteiger partial charge in [-0.25, -0.2) is 0 Å². The number of amides is 1. The summed E-state index contributed by atoms with van der Waals surface area (Å²) in [5.41, 5.74) is 2.51. The smallest absolute Gasteiger partial charge is 0.226 e. The minimum Gasteiger partial charge on any atom is -0.342 e. The van der Waals surface area contributed by atoms with Crippen LogP contribution in [0.1, 0.15) is 18.1 Å². The lowest BCUT2D eigenvalue weighted by molar-refractivity contribution is -0.130. The maximum Gasteiger partial charge on any atom is 0.226 e. The lowest BCUT2D eigenvalue weighted by Gasteiger charge is -2.21. The van der Waals surface area contributed by atoms with Crippen LogP contribution in [-0.4, -0.2) is 23.9 Å². The molecule has 0 radical (unpaired) electrons. The molecule has 2 rings (SSSR count). The van der Waals surface area contributed by atoms with Crippen molar-refractivity contribution in [2.75, 3.05) is 7.05 Å². The monoisotopic (exact) mass is 189 g/mol. The number of benzene rings is 1. The van der Waals surface area contributed by atoms with E-state index in [1.807, 2.05) is 24.1 Å².